The molecule has 1 aromatic carbocycles. The van der Waals surface area contributed by atoms with Gasteiger partial charge in [0.05, 0.1) is 25.7 Å². The van der Waals surface area contributed by atoms with Gasteiger partial charge in [-0.25, -0.2) is 8.42 Å². The van der Waals surface area contributed by atoms with Crippen molar-refractivity contribution in [2.45, 2.75) is 25.4 Å². The predicted octanol–water partition coefficient (Wildman–Crippen LogP) is 2.19. The summed E-state index contributed by atoms with van der Waals surface area (Å²) in [4.78, 5) is 26.6. The van der Waals surface area contributed by atoms with E-state index in [1.54, 1.807) is 6.92 Å². The summed E-state index contributed by atoms with van der Waals surface area (Å²) in [5, 5.41) is 3.30. The number of carbonyl (C=O) groups excluding carboxylic acids is 2. The van der Waals surface area contributed by atoms with Gasteiger partial charge in [0.2, 0.25) is 17.2 Å². The Bertz CT molecular complexity index is 1100. The number of nitrogens with one attached hydrogen (secondary N) is 1. The average Bonchev–Trinajstić information content (AvgIpc) is 3.23. The second kappa shape index (κ2) is 7.70. The van der Waals surface area contributed by atoms with E-state index in [1.807, 2.05) is 0 Å². The van der Waals surface area contributed by atoms with E-state index in [2.05, 4.69) is 5.32 Å². The van der Waals surface area contributed by atoms with Gasteiger partial charge in [0.25, 0.3) is 0 Å². The molecule has 0 radical (unpaired) electrons. The smallest absolute Gasteiger partial charge is 0.236 e. The third-order valence-electron chi connectivity index (χ3n) is 6.25. The third kappa shape index (κ3) is 3.47. The minimum absolute atomic E-state index is 0.0105. The molecule has 3 aliphatic rings. The Hall–Kier alpha value is -2.26. The zero-order chi connectivity index (χ0) is 22.6. The van der Waals surface area contributed by atoms with Crippen molar-refractivity contribution >= 4 is 33.0 Å². The molecule has 1 saturated heterocycles. The maximum Gasteiger partial charge on any atom is 0.236 e. The zero-order valence-corrected chi connectivity index (χ0v) is 19.1. The molecule has 1 aliphatic carbocycles. The van der Waals surface area contributed by atoms with E-state index in [4.69, 9.17) is 25.8 Å². The number of halogens is 1. The number of methoxy groups -OCH3 is 2. The molecule has 10 heteroatoms. The first-order chi connectivity index (χ1) is 14.6. The number of Topliss-reactive ketones (excluding diaryl/α,β-unsaturated/α-hetero) is 1. The van der Waals surface area contributed by atoms with Crippen LogP contribution in [0.3, 0.4) is 0 Å². The fourth-order valence-corrected chi connectivity index (χ4v) is 6.69. The van der Waals surface area contributed by atoms with E-state index in [9.17, 15) is 18.0 Å². The average molecular weight is 470 g/mol. The number of carbonyl (C=O) groups is 2. The fourth-order valence-electron chi connectivity index (χ4n) is 4.56. The first-order valence-electron chi connectivity index (χ1n) is 10.0. The van der Waals surface area contributed by atoms with Gasteiger partial charge in [-0.1, -0.05) is 18.5 Å². The van der Waals surface area contributed by atoms with Gasteiger partial charge in [0.1, 0.15) is 22.1 Å². The van der Waals surface area contributed by atoms with E-state index < -0.39 is 32.9 Å². The van der Waals surface area contributed by atoms with E-state index >= 15 is 0 Å². The van der Waals surface area contributed by atoms with E-state index in [1.165, 1.54) is 26.4 Å². The number of hydrogen-bond donors (Lipinski definition) is 1. The van der Waals surface area contributed by atoms with Crippen molar-refractivity contribution in [1.82, 2.24) is 5.32 Å². The van der Waals surface area contributed by atoms with Crippen molar-refractivity contribution in [3.63, 3.8) is 0 Å². The summed E-state index contributed by atoms with van der Waals surface area (Å²) in [6, 6.07) is 1.50. The van der Waals surface area contributed by atoms with Gasteiger partial charge in [0.15, 0.2) is 15.6 Å². The van der Waals surface area contributed by atoms with Crippen molar-refractivity contribution < 1.29 is 32.2 Å². The molecule has 0 aromatic heterocycles. The highest BCUT2D eigenvalue weighted by atomic mass is 35.5. The summed E-state index contributed by atoms with van der Waals surface area (Å²) in [5.41, 5.74) is -0.919. The lowest BCUT2D eigenvalue weighted by molar-refractivity contribution is -0.129. The van der Waals surface area contributed by atoms with Gasteiger partial charge in [-0.05, 0) is 18.8 Å². The number of allylic oxidation sites excluding steroid dienone is 1. The summed E-state index contributed by atoms with van der Waals surface area (Å²) in [5.74, 6) is -0.492. The van der Waals surface area contributed by atoms with Gasteiger partial charge in [0, 0.05) is 30.3 Å². The number of fused-ring (bicyclic) bond motifs is 1. The number of rotatable bonds is 5. The van der Waals surface area contributed by atoms with Crippen LogP contribution in [0.15, 0.2) is 17.8 Å². The molecule has 0 bridgehead atoms. The van der Waals surface area contributed by atoms with Crippen molar-refractivity contribution in [1.29, 1.82) is 0 Å². The van der Waals surface area contributed by atoms with E-state index in [0.29, 0.717) is 25.1 Å². The number of benzene rings is 1. The first kappa shape index (κ1) is 22.0. The third-order valence-corrected chi connectivity index (χ3v) is 8.45. The van der Waals surface area contributed by atoms with Crippen LogP contribution in [-0.2, 0) is 14.6 Å². The molecule has 0 saturated carbocycles. The molecule has 2 aliphatic heterocycles. The predicted molar refractivity (Wildman–Crippen MR) is 114 cm³/mol. The molecule has 1 fully saturated rings. The molecule has 1 spiro atoms. The largest absolute Gasteiger partial charge is 0.496 e. The zero-order valence-electron chi connectivity index (χ0n) is 17.5. The summed E-state index contributed by atoms with van der Waals surface area (Å²) >= 11 is 6.37. The fraction of sp³-hybridized carbons (Fsp3) is 0.524. The van der Waals surface area contributed by atoms with Crippen LogP contribution in [0.25, 0.3) is 0 Å². The van der Waals surface area contributed by atoms with E-state index in [0.717, 1.165) is 0 Å². The number of sulfone groups is 1. The maximum atomic E-state index is 13.4. The lowest BCUT2D eigenvalue weighted by Crippen LogP contribution is -2.55. The van der Waals surface area contributed by atoms with Gasteiger partial charge < -0.3 is 19.5 Å². The molecular formula is C21H24ClNO7S. The first-order valence-corrected chi connectivity index (χ1v) is 12.2. The van der Waals surface area contributed by atoms with Crippen LogP contribution in [0.2, 0.25) is 5.02 Å². The maximum absolute atomic E-state index is 13.4. The van der Waals surface area contributed by atoms with Crippen molar-refractivity contribution in [3.8, 4) is 17.2 Å². The number of ketones is 2. The number of hydrogen-bond acceptors (Lipinski definition) is 8. The van der Waals surface area contributed by atoms with Crippen LogP contribution in [0.4, 0.5) is 0 Å². The van der Waals surface area contributed by atoms with Crippen molar-refractivity contribution in [2.24, 2.45) is 11.8 Å². The Balaban J connectivity index is 1.61. The molecule has 1 aromatic rings. The quantitative estimate of drug-likeness (QED) is 0.654. The molecule has 31 heavy (non-hydrogen) atoms. The number of ether oxygens (including phenoxy) is 3. The van der Waals surface area contributed by atoms with Crippen molar-refractivity contribution in [3.05, 3.63) is 28.4 Å². The molecule has 1 N–H and O–H groups in total. The summed E-state index contributed by atoms with van der Waals surface area (Å²) < 4.78 is 39.9. The Morgan fingerprint density at radius 2 is 1.97 bits per heavy atom. The molecule has 2 heterocycles. The summed E-state index contributed by atoms with van der Waals surface area (Å²) in [7, 11) is -0.118. The summed E-state index contributed by atoms with van der Waals surface area (Å²) in [6.45, 7) is 2.23. The lowest BCUT2D eigenvalue weighted by atomic mass is 9.74. The monoisotopic (exact) mass is 469 g/mol. The van der Waals surface area contributed by atoms with Crippen LogP contribution in [0.5, 0.6) is 17.2 Å². The normalized spacial score (nSPS) is 28.8. The SMILES string of the molecule is COc1cc(OC)c2c(c1Cl)O[C@@]1(C(=O)C=C(NC[C@H]3CCS(=O)(=O)C3)C[C@H]1C)C2=O. The standard InChI is InChI=1S/C21H24ClNO7S/c1-11-6-13(23-9-12-4-5-31(26,27)10-12)7-16(24)21(11)20(25)17-14(28-2)8-15(29-3)18(22)19(17)30-21/h7-8,11-12,23H,4-6,9-10H2,1-3H3/t11-,12-,21+/m1/s1. The summed E-state index contributed by atoms with van der Waals surface area (Å²) in [6.07, 6.45) is 2.37. The molecular weight excluding hydrogens is 446 g/mol. The Kier molecular flexibility index (Phi) is 5.46. The van der Waals surface area contributed by atoms with E-state index in [-0.39, 0.29) is 45.3 Å². The molecule has 3 atom stereocenters. The highest BCUT2D eigenvalue weighted by molar-refractivity contribution is 7.91. The van der Waals surface area contributed by atoms with Gasteiger partial charge in [-0.3, -0.25) is 9.59 Å². The van der Waals surface area contributed by atoms with Crippen LogP contribution in [0.1, 0.15) is 30.1 Å². The molecule has 8 nitrogen and oxygen atoms in total. The molecule has 0 unspecified atom stereocenters. The second-order valence-corrected chi connectivity index (χ2v) is 10.9. The van der Waals surface area contributed by atoms with Crippen molar-refractivity contribution in [2.75, 3.05) is 32.3 Å². The Morgan fingerprint density at radius 1 is 1.26 bits per heavy atom. The van der Waals surface area contributed by atoms with Crippen LogP contribution < -0.4 is 19.5 Å². The second-order valence-electron chi connectivity index (χ2n) is 8.25. The minimum atomic E-state index is -2.97. The molecule has 4 rings (SSSR count). The highest BCUT2D eigenvalue weighted by Gasteiger charge is 2.60. The van der Waals surface area contributed by atoms with Crippen LogP contribution in [0, 0.1) is 11.8 Å². The highest BCUT2D eigenvalue weighted by Crippen LogP contribution is 2.52. The van der Waals surface area contributed by atoms with Crippen LogP contribution in [-0.4, -0.2) is 57.9 Å². The molecule has 0 amide bonds. The van der Waals surface area contributed by atoms with Gasteiger partial charge in [-0.2, -0.15) is 0 Å². The van der Waals surface area contributed by atoms with Gasteiger partial charge >= 0.3 is 0 Å². The minimum Gasteiger partial charge on any atom is -0.496 e. The topological polar surface area (TPSA) is 108 Å². The lowest BCUT2D eigenvalue weighted by Gasteiger charge is -2.35. The Morgan fingerprint density at radius 3 is 2.55 bits per heavy atom. The molecule has 168 valence electrons. The van der Waals surface area contributed by atoms with Crippen LogP contribution >= 0.6 is 11.6 Å². The van der Waals surface area contributed by atoms with Gasteiger partial charge in [-0.15, -0.1) is 0 Å². The Labute approximate surface area is 185 Å².